The van der Waals surface area contributed by atoms with Gasteiger partial charge in [0.25, 0.3) is 10.0 Å². The van der Waals surface area contributed by atoms with Gasteiger partial charge in [-0.05, 0) is 62.2 Å². The third-order valence-electron chi connectivity index (χ3n) is 6.56. The number of anilines is 2. The van der Waals surface area contributed by atoms with Crippen LogP contribution in [0.5, 0.6) is 0 Å². The van der Waals surface area contributed by atoms with Crippen molar-refractivity contribution in [1.29, 1.82) is 0 Å². The number of imidazole rings is 1. The number of rotatable bonds is 10. The molecule has 4 aromatic rings. The van der Waals surface area contributed by atoms with E-state index in [9.17, 15) is 26.4 Å². The summed E-state index contributed by atoms with van der Waals surface area (Å²) in [4.78, 5) is 26.7. The number of amides is 1. The fraction of sp³-hybridized carbons (Fsp3) is 0.259. The van der Waals surface area contributed by atoms with Crippen molar-refractivity contribution >= 4 is 39.4 Å². The van der Waals surface area contributed by atoms with Crippen molar-refractivity contribution in [2.45, 2.75) is 42.8 Å². The summed E-state index contributed by atoms with van der Waals surface area (Å²) in [6.07, 6.45) is -2.70. The molecule has 0 saturated heterocycles. The molecule has 1 amide bonds. The number of carbonyl (C=O) groups is 1. The van der Waals surface area contributed by atoms with Gasteiger partial charge in [-0.1, -0.05) is 11.6 Å². The van der Waals surface area contributed by atoms with E-state index in [1.165, 1.54) is 12.3 Å². The summed E-state index contributed by atoms with van der Waals surface area (Å²) in [7, 11) is -4.52. The Morgan fingerprint density at radius 1 is 1.16 bits per heavy atom. The van der Waals surface area contributed by atoms with Gasteiger partial charge in [0.2, 0.25) is 5.95 Å². The molecular weight excluding hydrogens is 630 g/mol. The van der Waals surface area contributed by atoms with Crippen molar-refractivity contribution in [3.63, 3.8) is 0 Å². The lowest BCUT2D eigenvalue weighted by atomic mass is 10.1. The van der Waals surface area contributed by atoms with Gasteiger partial charge < -0.3 is 20.7 Å². The molecule has 5 rings (SSSR count). The second-order valence-electron chi connectivity index (χ2n) is 10.1. The minimum Gasteiger partial charge on any atom is -0.465 e. The van der Waals surface area contributed by atoms with Gasteiger partial charge in [0.05, 0.1) is 27.5 Å². The number of nitrogens with zero attached hydrogens (tertiary/aromatic N) is 3. The minimum atomic E-state index is -4.67. The maximum absolute atomic E-state index is 16.0. The van der Waals surface area contributed by atoms with E-state index in [0.29, 0.717) is 29.3 Å². The molecule has 0 spiro atoms. The van der Waals surface area contributed by atoms with Crippen LogP contribution in [-0.2, 0) is 16.2 Å². The number of halogens is 5. The Morgan fingerprint density at radius 2 is 1.86 bits per heavy atom. The highest BCUT2D eigenvalue weighted by molar-refractivity contribution is 7.92. The van der Waals surface area contributed by atoms with Crippen LogP contribution in [0.1, 0.15) is 37.1 Å². The summed E-state index contributed by atoms with van der Waals surface area (Å²) in [5.41, 5.74) is -1.05. The number of nitrogens with one attached hydrogen (secondary N) is 4. The molecule has 232 valence electrons. The molecule has 0 radical (unpaired) electrons. The van der Waals surface area contributed by atoms with Crippen molar-refractivity contribution in [2.75, 3.05) is 16.6 Å². The predicted molar refractivity (Wildman–Crippen MR) is 153 cm³/mol. The van der Waals surface area contributed by atoms with Crippen molar-refractivity contribution in [2.24, 2.45) is 0 Å². The van der Waals surface area contributed by atoms with E-state index in [2.05, 4.69) is 35.3 Å². The molecule has 1 atom stereocenters. The molecule has 1 fully saturated rings. The lowest BCUT2D eigenvalue weighted by Crippen LogP contribution is -2.36. The Hall–Kier alpha value is -4.44. The largest absolute Gasteiger partial charge is 0.465 e. The van der Waals surface area contributed by atoms with Crippen molar-refractivity contribution in [3.05, 3.63) is 70.9 Å². The van der Waals surface area contributed by atoms with Crippen LogP contribution in [0.4, 0.5) is 34.0 Å². The van der Waals surface area contributed by atoms with Gasteiger partial charge in [-0.25, -0.2) is 32.6 Å². The summed E-state index contributed by atoms with van der Waals surface area (Å²) in [6, 6.07) is 6.14. The molecule has 2 aromatic carbocycles. The average Bonchev–Trinajstić information content (AvgIpc) is 3.71. The molecule has 2 heterocycles. The van der Waals surface area contributed by atoms with Crippen LogP contribution in [0.2, 0.25) is 5.02 Å². The number of sulfonamides is 1. The highest BCUT2D eigenvalue weighted by Gasteiger charge is 2.32. The van der Waals surface area contributed by atoms with Crippen LogP contribution in [0.25, 0.3) is 22.6 Å². The van der Waals surface area contributed by atoms with Gasteiger partial charge in [-0.3, -0.25) is 4.72 Å². The van der Waals surface area contributed by atoms with Gasteiger partial charge >= 0.3 is 12.3 Å². The smallest absolute Gasteiger partial charge is 0.416 e. The predicted octanol–water partition coefficient (Wildman–Crippen LogP) is 6.09. The Labute approximate surface area is 253 Å². The number of hydrogen-bond donors (Lipinski definition) is 5. The first-order valence-electron chi connectivity index (χ1n) is 13.1. The van der Waals surface area contributed by atoms with E-state index in [1.54, 1.807) is 13.0 Å². The quantitative estimate of drug-likeness (QED) is 0.128. The first-order valence-corrected chi connectivity index (χ1v) is 14.9. The third-order valence-corrected chi connectivity index (χ3v) is 8.16. The first kappa shape index (κ1) is 31.0. The van der Waals surface area contributed by atoms with Crippen LogP contribution < -0.4 is 15.4 Å². The Morgan fingerprint density at radius 3 is 2.50 bits per heavy atom. The maximum atomic E-state index is 16.0. The summed E-state index contributed by atoms with van der Waals surface area (Å²) < 4.78 is 82.9. The molecule has 1 aliphatic carbocycles. The van der Waals surface area contributed by atoms with Crippen molar-refractivity contribution in [3.8, 4) is 22.6 Å². The van der Waals surface area contributed by atoms with Crippen LogP contribution in [0.3, 0.4) is 0 Å². The van der Waals surface area contributed by atoms with E-state index in [1.807, 2.05) is 0 Å². The number of alkyl halides is 3. The molecule has 2 aromatic heterocycles. The van der Waals surface area contributed by atoms with Crippen molar-refractivity contribution < 1.29 is 35.9 Å². The Balaban J connectivity index is 1.49. The molecule has 11 nitrogen and oxygen atoms in total. The van der Waals surface area contributed by atoms with Crippen LogP contribution in [0, 0.1) is 5.82 Å². The number of aromatic amines is 1. The van der Waals surface area contributed by atoms with Gasteiger partial charge in [-0.15, -0.1) is 0 Å². The molecule has 1 saturated carbocycles. The minimum absolute atomic E-state index is 0.0431. The Bertz CT molecular complexity index is 1810. The number of hydrogen-bond acceptors (Lipinski definition) is 7. The molecule has 0 aliphatic heterocycles. The summed E-state index contributed by atoms with van der Waals surface area (Å²) in [5, 5.41) is 14.1. The lowest BCUT2D eigenvalue weighted by molar-refractivity contribution is -0.137. The summed E-state index contributed by atoms with van der Waals surface area (Å²) in [5.74, 6) is -0.203. The zero-order valence-corrected chi connectivity index (χ0v) is 24.3. The van der Waals surface area contributed by atoms with Crippen LogP contribution in [0.15, 0.2) is 53.6 Å². The number of H-pyrrole nitrogens is 1. The standard InChI is InChI=1S/C27H24ClF4N7O4S/c1-13(35-26(40)41)12-34-25-33-9-8-19(36-25)23-22(37-24(38-23)14-2-3-14)18-10-16(28)11-20(21(18)29)39-44(42,43)17-6-4-15(5-7-17)27(30,31)32/h4-11,13-14,35,39H,2-3,12H2,1H3,(H,37,38)(H,40,41)(H,33,34,36). The van der Waals surface area contributed by atoms with E-state index in [0.717, 1.165) is 31.0 Å². The monoisotopic (exact) mass is 653 g/mol. The molecular formula is C27H24ClF4N7O4S. The fourth-order valence-electron chi connectivity index (χ4n) is 4.27. The molecule has 5 N–H and O–H groups in total. The normalized spacial score (nSPS) is 14.2. The second kappa shape index (κ2) is 11.9. The van der Waals surface area contributed by atoms with Crippen molar-refractivity contribution in [1.82, 2.24) is 25.3 Å². The topological polar surface area (TPSA) is 162 Å². The first-order chi connectivity index (χ1) is 20.7. The lowest BCUT2D eigenvalue weighted by Gasteiger charge is -2.14. The summed E-state index contributed by atoms with van der Waals surface area (Å²) >= 11 is 6.28. The molecule has 1 unspecified atom stereocenters. The SMILES string of the molecule is CC(CNc1nccc(-c2[nH]c(C3CC3)nc2-c2cc(Cl)cc(NS(=O)(=O)c3ccc(C(F)(F)F)cc3)c2F)n1)NC(=O)O. The van der Waals surface area contributed by atoms with E-state index in [-0.39, 0.29) is 34.7 Å². The molecule has 17 heteroatoms. The highest BCUT2D eigenvalue weighted by Crippen LogP contribution is 2.43. The zero-order chi connectivity index (χ0) is 31.8. The van der Waals surface area contributed by atoms with Crippen LogP contribution >= 0.6 is 11.6 Å². The average molecular weight is 654 g/mol. The summed E-state index contributed by atoms with van der Waals surface area (Å²) in [6.45, 7) is 1.81. The van der Waals surface area contributed by atoms with Gasteiger partial charge in [0, 0.05) is 35.3 Å². The molecule has 44 heavy (non-hydrogen) atoms. The molecule has 1 aliphatic rings. The maximum Gasteiger partial charge on any atom is 0.416 e. The van der Waals surface area contributed by atoms with E-state index in [4.69, 9.17) is 16.7 Å². The Kier molecular flexibility index (Phi) is 8.40. The van der Waals surface area contributed by atoms with Gasteiger partial charge in [0.15, 0.2) is 5.82 Å². The van der Waals surface area contributed by atoms with Gasteiger partial charge in [0.1, 0.15) is 11.5 Å². The van der Waals surface area contributed by atoms with E-state index < -0.39 is 50.3 Å². The third kappa shape index (κ3) is 7.02. The second-order valence-corrected chi connectivity index (χ2v) is 12.2. The molecule has 0 bridgehead atoms. The number of carboxylic acid groups (broad SMARTS) is 1. The number of benzene rings is 2. The van der Waals surface area contributed by atoms with Crippen LogP contribution in [-0.4, -0.2) is 52.1 Å². The van der Waals surface area contributed by atoms with Gasteiger partial charge in [-0.2, -0.15) is 13.2 Å². The van der Waals surface area contributed by atoms with E-state index >= 15 is 4.39 Å². The zero-order valence-electron chi connectivity index (χ0n) is 22.7. The highest BCUT2D eigenvalue weighted by atomic mass is 35.5. The number of aromatic nitrogens is 4. The fourth-order valence-corrected chi connectivity index (χ4v) is 5.54.